The highest BCUT2D eigenvalue weighted by atomic mass is 16.6. The van der Waals surface area contributed by atoms with E-state index in [1.807, 2.05) is 6.92 Å². The minimum atomic E-state index is -1.73. The molecule has 0 heterocycles. The molecule has 3 fully saturated rings. The van der Waals surface area contributed by atoms with Crippen molar-refractivity contribution in [1.29, 1.82) is 0 Å². The highest BCUT2D eigenvalue weighted by Crippen LogP contribution is 2.67. The lowest BCUT2D eigenvalue weighted by atomic mass is 9.46. The van der Waals surface area contributed by atoms with Gasteiger partial charge in [0.2, 0.25) is 0 Å². The monoisotopic (exact) mass is 583 g/mol. The van der Waals surface area contributed by atoms with Crippen molar-refractivity contribution in [3.8, 4) is 0 Å². The van der Waals surface area contributed by atoms with Gasteiger partial charge in [-0.15, -0.1) is 0 Å². The summed E-state index contributed by atoms with van der Waals surface area (Å²) in [5, 5.41) is 48.7. The molecule has 4 N–H and O–H groups in total. The van der Waals surface area contributed by atoms with Crippen molar-refractivity contribution in [2.45, 2.75) is 89.9 Å². The van der Waals surface area contributed by atoms with Gasteiger partial charge in [-0.3, -0.25) is 14.9 Å². The van der Waals surface area contributed by atoms with Crippen LogP contribution in [-0.2, 0) is 14.4 Å². The summed E-state index contributed by atoms with van der Waals surface area (Å²) in [4.78, 5) is 39.9. The van der Waals surface area contributed by atoms with E-state index in [0.717, 1.165) is 56.7 Å². The average Bonchev–Trinajstić information content (AvgIpc) is 3.19. The second kappa shape index (κ2) is 11.1. The Morgan fingerprint density at radius 1 is 1.14 bits per heavy atom. The number of carbonyl (C=O) groups excluding carboxylic acids is 1. The largest absolute Gasteiger partial charge is 0.480 e. The quantitative estimate of drug-likeness (QED) is 0.259. The number of allylic oxidation sites excluding steroid dienone is 2. The minimum Gasteiger partial charge on any atom is -0.480 e. The molecule has 5 rings (SSSR count). The van der Waals surface area contributed by atoms with Crippen LogP contribution in [0.25, 0.3) is 0 Å². The zero-order chi connectivity index (χ0) is 30.4. The van der Waals surface area contributed by atoms with Crippen LogP contribution in [0.3, 0.4) is 0 Å². The zero-order valence-electron chi connectivity index (χ0n) is 24.4. The number of nitro benzene ring substituents is 1. The van der Waals surface area contributed by atoms with Crippen molar-refractivity contribution in [2.24, 2.45) is 33.7 Å². The Labute approximate surface area is 245 Å². The third-order valence-electron chi connectivity index (χ3n) is 11.2. The van der Waals surface area contributed by atoms with E-state index in [-0.39, 0.29) is 22.1 Å². The third kappa shape index (κ3) is 5.21. The molecule has 0 unspecified atom stereocenters. The van der Waals surface area contributed by atoms with Gasteiger partial charge in [0, 0.05) is 12.1 Å². The summed E-state index contributed by atoms with van der Waals surface area (Å²) in [5.41, 5.74) is 1.25. The molecule has 11 nitrogen and oxygen atoms in total. The van der Waals surface area contributed by atoms with E-state index in [4.69, 9.17) is 4.84 Å². The lowest BCUT2D eigenvalue weighted by molar-refractivity contribution is -0.385. The van der Waals surface area contributed by atoms with Gasteiger partial charge in [-0.2, -0.15) is 0 Å². The predicted molar refractivity (Wildman–Crippen MR) is 153 cm³/mol. The number of carboxylic acids is 1. The number of hydrogen-bond acceptors (Lipinski definition) is 8. The van der Waals surface area contributed by atoms with E-state index >= 15 is 0 Å². The van der Waals surface area contributed by atoms with Gasteiger partial charge in [-0.05, 0) is 98.5 Å². The number of carboxylic acid groups (broad SMARTS) is 1. The van der Waals surface area contributed by atoms with E-state index in [2.05, 4.69) is 30.4 Å². The number of non-ortho nitro benzene ring substituents is 1. The molecule has 228 valence electrons. The van der Waals surface area contributed by atoms with E-state index in [1.54, 1.807) is 0 Å². The summed E-state index contributed by atoms with van der Waals surface area (Å²) in [6.07, 6.45) is 8.22. The van der Waals surface area contributed by atoms with Crippen LogP contribution in [0.1, 0.15) is 83.8 Å². The van der Waals surface area contributed by atoms with Crippen molar-refractivity contribution in [3.05, 3.63) is 51.6 Å². The van der Waals surface area contributed by atoms with Crippen molar-refractivity contribution in [1.82, 2.24) is 5.32 Å². The van der Waals surface area contributed by atoms with E-state index in [1.165, 1.54) is 23.8 Å². The molecular formula is C31H41N3O8. The summed E-state index contributed by atoms with van der Waals surface area (Å²) in [6.45, 7) is 6.14. The Morgan fingerprint density at radius 3 is 2.60 bits per heavy atom. The molecule has 0 aliphatic heterocycles. The smallest absolute Gasteiger partial charge is 0.329 e. The second-order valence-corrected chi connectivity index (χ2v) is 13.3. The first-order valence-corrected chi connectivity index (χ1v) is 14.8. The van der Waals surface area contributed by atoms with Gasteiger partial charge in [0.25, 0.3) is 11.6 Å². The molecule has 0 radical (unpaired) electrons. The maximum absolute atomic E-state index is 12.5. The third-order valence-corrected chi connectivity index (χ3v) is 11.2. The Hall–Kier alpha value is -3.31. The number of oxime groups is 1. The van der Waals surface area contributed by atoms with Gasteiger partial charge in [0.15, 0.2) is 12.6 Å². The molecule has 0 saturated heterocycles. The van der Waals surface area contributed by atoms with Gasteiger partial charge < -0.3 is 25.5 Å². The fourth-order valence-corrected chi connectivity index (χ4v) is 8.57. The number of benzene rings is 1. The Morgan fingerprint density at radius 2 is 1.88 bits per heavy atom. The summed E-state index contributed by atoms with van der Waals surface area (Å²) < 4.78 is 0. The normalized spacial score (nSPS) is 36.1. The molecule has 1 aromatic rings. The average molecular weight is 584 g/mol. The molecule has 1 aromatic carbocycles. The number of carbonyl (C=O) groups is 2. The lowest BCUT2D eigenvalue weighted by Gasteiger charge is -2.59. The Bertz CT molecular complexity index is 1320. The summed E-state index contributed by atoms with van der Waals surface area (Å²) in [7, 11) is 0. The standard InChI is InChI=1S/C31H41N3O8/c1-29-12-9-20(16-19(29)7-8-22-23(29)10-13-30(2)24(22)11-14-31(30,3)39)33-42-17-25(35)32-26(28(37)38)27(36)18-5-4-6-21(15-18)34(40)41/h4-6,15-16,22-24,26-27,36,39H,7-14,17H2,1-3H3,(H,32,35)(H,37,38)/b33-20-/t22-,23+,24+,26-,27-,29+,30+,31+/m1/s1. The molecule has 11 heteroatoms. The Balaban J connectivity index is 1.20. The van der Waals surface area contributed by atoms with Crippen LogP contribution in [-0.4, -0.2) is 56.1 Å². The molecule has 42 heavy (non-hydrogen) atoms. The topological polar surface area (TPSA) is 172 Å². The van der Waals surface area contributed by atoms with Crippen LogP contribution in [0.5, 0.6) is 0 Å². The van der Waals surface area contributed by atoms with Crippen LogP contribution in [0.15, 0.2) is 41.1 Å². The fraction of sp³-hybridized carbons (Fsp3) is 0.645. The second-order valence-electron chi connectivity index (χ2n) is 13.3. The molecule has 3 saturated carbocycles. The van der Waals surface area contributed by atoms with Crippen molar-refractivity contribution in [3.63, 3.8) is 0 Å². The first-order valence-electron chi connectivity index (χ1n) is 14.8. The maximum Gasteiger partial charge on any atom is 0.329 e. The molecule has 4 aliphatic carbocycles. The summed E-state index contributed by atoms with van der Waals surface area (Å²) in [5.74, 6) is -0.555. The van der Waals surface area contributed by atoms with Gasteiger partial charge >= 0.3 is 5.97 Å². The predicted octanol–water partition coefficient (Wildman–Crippen LogP) is 4.28. The van der Waals surface area contributed by atoms with Gasteiger partial charge in [-0.25, -0.2) is 4.79 Å². The number of aliphatic hydroxyl groups excluding tert-OH is 1. The number of aliphatic hydroxyl groups is 2. The molecule has 0 spiro atoms. The van der Waals surface area contributed by atoms with Crippen LogP contribution in [0.2, 0.25) is 0 Å². The summed E-state index contributed by atoms with van der Waals surface area (Å²) >= 11 is 0. The molecule has 4 aliphatic rings. The number of fused-ring (bicyclic) bond motifs is 5. The van der Waals surface area contributed by atoms with Gasteiger partial charge in [-0.1, -0.05) is 36.7 Å². The van der Waals surface area contributed by atoms with Crippen molar-refractivity contribution < 1.29 is 34.7 Å². The lowest BCUT2D eigenvalue weighted by Crippen LogP contribution is -2.53. The number of amides is 1. The maximum atomic E-state index is 12.5. The number of nitrogens with one attached hydrogen (secondary N) is 1. The van der Waals surface area contributed by atoms with Crippen LogP contribution in [0, 0.1) is 38.7 Å². The van der Waals surface area contributed by atoms with Crippen LogP contribution < -0.4 is 5.32 Å². The zero-order valence-corrected chi connectivity index (χ0v) is 24.4. The van der Waals surface area contributed by atoms with E-state index in [0.29, 0.717) is 24.2 Å². The van der Waals surface area contributed by atoms with Crippen molar-refractivity contribution >= 4 is 23.3 Å². The SMILES string of the molecule is C[C@]12CC/C(=N/OCC(=O)N[C@@H](C(=O)O)[C@H](O)c3cccc([N+](=O)[O-])c3)C=C1CC[C@@H]1[C@@H]2CC[C@@]2(C)[C@H]1CC[C@]2(C)O. The number of nitrogens with zero attached hydrogens (tertiary/aromatic N) is 2. The molecule has 8 atom stereocenters. The highest BCUT2D eigenvalue weighted by Gasteiger charge is 2.62. The molecule has 0 bridgehead atoms. The summed E-state index contributed by atoms with van der Waals surface area (Å²) in [6, 6.07) is 3.24. The fourth-order valence-electron chi connectivity index (χ4n) is 8.57. The first-order chi connectivity index (χ1) is 19.8. The number of rotatable bonds is 8. The first kappa shape index (κ1) is 30.2. The minimum absolute atomic E-state index is 0.00874. The molecule has 1 amide bonds. The molecular weight excluding hydrogens is 542 g/mol. The van der Waals surface area contributed by atoms with Gasteiger partial charge in [0.05, 0.1) is 16.2 Å². The highest BCUT2D eigenvalue weighted by molar-refractivity contribution is 5.96. The number of aliphatic carboxylic acids is 1. The van der Waals surface area contributed by atoms with Crippen molar-refractivity contribution in [2.75, 3.05) is 6.61 Å². The number of hydrogen-bond donors (Lipinski definition) is 4. The van der Waals surface area contributed by atoms with Crippen LogP contribution in [0.4, 0.5) is 5.69 Å². The molecule has 0 aromatic heterocycles. The number of nitro groups is 1. The van der Waals surface area contributed by atoms with E-state index in [9.17, 15) is 35.0 Å². The van der Waals surface area contributed by atoms with Gasteiger partial charge in [0.1, 0.15) is 6.10 Å². The Kier molecular flexibility index (Phi) is 7.95. The van der Waals surface area contributed by atoms with Crippen LogP contribution >= 0.6 is 0 Å². The van der Waals surface area contributed by atoms with E-state index < -0.39 is 41.2 Å².